The van der Waals surface area contributed by atoms with Crippen LogP contribution in [0.4, 0.5) is 0 Å². The molecule has 2 atom stereocenters. The van der Waals surface area contributed by atoms with Gasteiger partial charge in [-0.3, -0.25) is 0 Å². The third-order valence-electron chi connectivity index (χ3n) is 3.26. The Balaban J connectivity index is 2.71. The molecule has 0 heterocycles. The molecule has 0 fully saturated rings. The van der Waals surface area contributed by atoms with Crippen LogP contribution in [0.3, 0.4) is 0 Å². The normalized spacial score (nSPS) is 14.6. The van der Waals surface area contributed by atoms with Gasteiger partial charge in [0.15, 0.2) is 0 Å². The number of rotatable bonds is 6. The van der Waals surface area contributed by atoms with Crippen molar-refractivity contribution in [2.24, 2.45) is 11.7 Å². The van der Waals surface area contributed by atoms with Gasteiger partial charge in [0.1, 0.15) is 5.75 Å². The van der Waals surface area contributed by atoms with Crippen LogP contribution >= 0.6 is 0 Å². The Morgan fingerprint density at radius 2 is 1.94 bits per heavy atom. The Kier molecular flexibility index (Phi) is 5.63. The number of benzene rings is 1. The summed E-state index contributed by atoms with van der Waals surface area (Å²) in [6, 6.07) is 5.49. The van der Waals surface area contributed by atoms with Gasteiger partial charge in [-0.15, -0.1) is 0 Å². The average molecular weight is 251 g/mol. The van der Waals surface area contributed by atoms with Crippen molar-refractivity contribution >= 4 is 0 Å². The van der Waals surface area contributed by atoms with E-state index in [0.29, 0.717) is 5.92 Å². The van der Waals surface area contributed by atoms with Crippen LogP contribution in [-0.4, -0.2) is 18.3 Å². The fraction of sp³-hybridized carbons (Fsp3) is 0.600. The molecule has 0 amide bonds. The Bertz CT molecular complexity index is 377. The molecule has 0 saturated heterocycles. The molecule has 0 radical (unpaired) electrons. The minimum Gasteiger partial charge on any atom is -0.496 e. The molecule has 3 nitrogen and oxygen atoms in total. The van der Waals surface area contributed by atoms with Crippen LogP contribution in [0, 0.1) is 12.8 Å². The smallest absolute Gasteiger partial charge is 0.121 e. The van der Waals surface area contributed by atoms with Gasteiger partial charge in [-0.25, -0.2) is 0 Å². The maximum atomic E-state index is 10.1. The van der Waals surface area contributed by atoms with Crippen molar-refractivity contribution in [2.75, 3.05) is 7.11 Å². The molecule has 0 aliphatic heterocycles. The Morgan fingerprint density at radius 1 is 1.28 bits per heavy atom. The predicted octanol–water partition coefficient (Wildman–Crippen LogP) is 2.80. The largest absolute Gasteiger partial charge is 0.496 e. The first kappa shape index (κ1) is 15.0. The van der Waals surface area contributed by atoms with E-state index in [-0.39, 0.29) is 6.04 Å². The molecule has 0 unspecified atom stereocenters. The summed E-state index contributed by atoms with van der Waals surface area (Å²) in [5.74, 6) is 1.44. The van der Waals surface area contributed by atoms with E-state index in [2.05, 4.69) is 13.8 Å². The summed E-state index contributed by atoms with van der Waals surface area (Å²) in [6.45, 7) is 6.28. The number of nitrogens with two attached hydrogens (primary N) is 1. The standard InChI is InChI=1S/C15H25NO2/c1-10(2)5-7-13(17)15(16)12-6-8-14(18-4)11(3)9-12/h6,8-10,13,15,17H,5,7,16H2,1-4H3/t13-,15+/m1/s1. The molecule has 0 aliphatic rings. The number of hydrogen-bond acceptors (Lipinski definition) is 3. The van der Waals surface area contributed by atoms with Gasteiger partial charge in [0.25, 0.3) is 0 Å². The second-order valence-corrected chi connectivity index (χ2v) is 5.29. The topological polar surface area (TPSA) is 55.5 Å². The van der Waals surface area contributed by atoms with Crippen molar-refractivity contribution < 1.29 is 9.84 Å². The number of aliphatic hydroxyl groups is 1. The van der Waals surface area contributed by atoms with E-state index < -0.39 is 6.10 Å². The maximum Gasteiger partial charge on any atom is 0.121 e. The molecule has 3 N–H and O–H groups in total. The van der Waals surface area contributed by atoms with E-state index in [4.69, 9.17) is 10.5 Å². The first-order valence-electron chi connectivity index (χ1n) is 6.54. The monoisotopic (exact) mass is 251 g/mol. The van der Waals surface area contributed by atoms with Crippen molar-refractivity contribution in [1.82, 2.24) is 0 Å². The molecule has 1 rings (SSSR count). The lowest BCUT2D eigenvalue weighted by molar-refractivity contribution is 0.128. The fourth-order valence-electron chi connectivity index (χ4n) is 2.01. The highest BCUT2D eigenvalue weighted by atomic mass is 16.5. The average Bonchev–Trinajstić information content (AvgIpc) is 2.34. The van der Waals surface area contributed by atoms with Crippen LogP contribution in [-0.2, 0) is 0 Å². The third-order valence-corrected chi connectivity index (χ3v) is 3.26. The quantitative estimate of drug-likeness (QED) is 0.817. The van der Waals surface area contributed by atoms with Crippen molar-refractivity contribution in [1.29, 1.82) is 0 Å². The molecule has 0 bridgehead atoms. The van der Waals surface area contributed by atoms with Crippen molar-refractivity contribution in [2.45, 2.75) is 45.8 Å². The molecule has 0 aromatic heterocycles. The molecule has 18 heavy (non-hydrogen) atoms. The van der Waals surface area contributed by atoms with Gasteiger partial charge < -0.3 is 15.6 Å². The van der Waals surface area contributed by atoms with Crippen LogP contribution in [0.1, 0.15) is 43.9 Å². The van der Waals surface area contributed by atoms with Crippen molar-refractivity contribution in [3.05, 3.63) is 29.3 Å². The summed E-state index contributed by atoms with van der Waals surface area (Å²) in [7, 11) is 1.65. The van der Waals surface area contributed by atoms with Crippen molar-refractivity contribution in [3.63, 3.8) is 0 Å². The number of hydrogen-bond donors (Lipinski definition) is 2. The van der Waals surface area contributed by atoms with Crippen LogP contribution in [0.2, 0.25) is 0 Å². The zero-order chi connectivity index (χ0) is 13.7. The first-order valence-corrected chi connectivity index (χ1v) is 6.54. The van der Waals surface area contributed by atoms with Crippen LogP contribution < -0.4 is 10.5 Å². The van der Waals surface area contributed by atoms with E-state index in [9.17, 15) is 5.11 Å². The summed E-state index contributed by atoms with van der Waals surface area (Å²) in [5, 5.41) is 10.1. The SMILES string of the molecule is COc1ccc([C@H](N)[C@H](O)CCC(C)C)cc1C. The highest BCUT2D eigenvalue weighted by molar-refractivity contribution is 5.37. The zero-order valence-corrected chi connectivity index (χ0v) is 11.8. The summed E-state index contributed by atoms with van der Waals surface area (Å²) in [5.41, 5.74) is 8.10. The van der Waals surface area contributed by atoms with Crippen LogP contribution in [0.5, 0.6) is 5.75 Å². The molecule has 0 saturated carbocycles. The lowest BCUT2D eigenvalue weighted by atomic mass is 9.95. The molecular formula is C15H25NO2. The molecular weight excluding hydrogens is 226 g/mol. The van der Waals surface area contributed by atoms with Gasteiger partial charge in [0.05, 0.1) is 19.3 Å². The Morgan fingerprint density at radius 3 is 2.44 bits per heavy atom. The van der Waals surface area contributed by atoms with E-state index in [1.807, 2.05) is 25.1 Å². The van der Waals surface area contributed by atoms with Gasteiger partial charge in [-0.1, -0.05) is 26.0 Å². The minimum atomic E-state index is -0.486. The van der Waals surface area contributed by atoms with Crippen LogP contribution in [0.15, 0.2) is 18.2 Å². The Hall–Kier alpha value is -1.06. The lowest BCUT2D eigenvalue weighted by Gasteiger charge is -2.21. The van der Waals surface area contributed by atoms with E-state index in [1.165, 1.54) is 0 Å². The molecule has 3 heteroatoms. The summed E-state index contributed by atoms with van der Waals surface area (Å²) in [6.07, 6.45) is 1.24. The maximum absolute atomic E-state index is 10.1. The number of aryl methyl sites for hydroxylation is 1. The van der Waals surface area contributed by atoms with Gasteiger partial charge in [-0.05, 0) is 42.9 Å². The summed E-state index contributed by atoms with van der Waals surface area (Å²) in [4.78, 5) is 0. The van der Waals surface area contributed by atoms with Gasteiger partial charge >= 0.3 is 0 Å². The first-order chi connectivity index (χ1) is 8.45. The number of methoxy groups -OCH3 is 1. The highest BCUT2D eigenvalue weighted by Crippen LogP contribution is 2.24. The molecule has 0 aliphatic carbocycles. The number of aliphatic hydroxyl groups excluding tert-OH is 1. The van der Waals surface area contributed by atoms with Gasteiger partial charge in [-0.2, -0.15) is 0 Å². The van der Waals surface area contributed by atoms with E-state index in [0.717, 1.165) is 29.7 Å². The second-order valence-electron chi connectivity index (χ2n) is 5.29. The second kappa shape index (κ2) is 6.76. The zero-order valence-electron chi connectivity index (χ0n) is 11.8. The molecule has 0 spiro atoms. The fourth-order valence-corrected chi connectivity index (χ4v) is 2.01. The van der Waals surface area contributed by atoms with E-state index in [1.54, 1.807) is 7.11 Å². The van der Waals surface area contributed by atoms with Gasteiger partial charge in [0, 0.05) is 0 Å². The van der Waals surface area contributed by atoms with Crippen molar-refractivity contribution in [3.8, 4) is 5.75 Å². The minimum absolute atomic E-state index is 0.326. The lowest BCUT2D eigenvalue weighted by Crippen LogP contribution is -2.26. The molecule has 1 aromatic rings. The third kappa shape index (κ3) is 4.00. The molecule has 1 aromatic carbocycles. The predicted molar refractivity (Wildman–Crippen MR) is 74.7 cm³/mol. The molecule has 102 valence electrons. The Labute approximate surface area is 110 Å². The summed E-state index contributed by atoms with van der Waals surface area (Å²) < 4.78 is 5.22. The van der Waals surface area contributed by atoms with E-state index >= 15 is 0 Å². The van der Waals surface area contributed by atoms with Gasteiger partial charge in [0.2, 0.25) is 0 Å². The van der Waals surface area contributed by atoms with Crippen LogP contribution in [0.25, 0.3) is 0 Å². The number of ether oxygens (including phenoxy) is 1. The highest BCUT2D eigenvalue weighted by Gasteiger charge is 2.17. The summed E-state index contributed by atoms with van der Waals surface area (Å²) >= 11 is 0.